The molecule has 0 saturated carbocycles. The summed E-state index contributed by atoms with van der Waals surface area (Å²) in [7, 11) is 0. The molecule has 7 heteroatoms. The highest BCUT2D eigenvalue weighted by Gasteiger charge is 2.02. The minimum Gasteiger partial charge on any atom is -0.308 e. The minimum absolute atomic E-state index is 0. The van der Waals surface area contributed by atoms with Crippen molar-refractivity contribution < 1.29 is 0 Å². The van der Waals surface area contributed by atoms with Crippen LogP contribution in [0.4, 0.5) is 5.82 Å². The number of aromatic nitrogens is 2. The molecule has 0 spiro atoms. The summed E-state index contributed by atoms with van der Waals surface area (Å²) in [6, 6.07) is 11.7. The highest BCUT2D eigenvalue weighted by Crippen LogP contribution is 2.18. The monoisotopic (exact) mass is 308 g/mol. The molecular weight excluding hydrogens is 295 g/mol. The average Bonchev–Trinajstić information content (AvgIpc) is 2.29. The van der Waals surface area contributed by atoms with E-state index in [9.17, 15) is 0 Å². The fraction of sp³-hybridized carbons (Fsp3) is 0.0909. The lowest BCUT2D eigenvalue weighted by molar-refractivity contribution is 1.05. The molecule has 100 valence electrons. The highest BCUT2D eigenvalue weighted by atomic mass is 35.5. The molecule has 0 aliphatic rings. The van der Waals surface area contributed by atoms with Crippen LogP contribution in [-0.2, 0) is 0 Å². The number of hydrogen-bond donors (Lipinski definition) is 2. The Morgan fingerprint density at radius 3 is 2.17 bits per heavy atom. The number of nitrogens with one attached hydrogen (secondary N) is 1. The summed E-state index contributed by atoms with van der Waals surface area (Å²) in [6.45, 7) is 1.84. The lowest BCUT2D eigenvalue weighted by atomic mass is 10.1. The van der Waals surface area contributed by atoms with Gasteiger partial charge in [-0.1, -0.05) is 30.3 Å². The van der Waals surface area contributed by atoms with Gasteiger partial charge in [-0.15, -0.1) is 37.2 Å². The molecule has 0 bridgehead atoms. The summed E-state index contributed by atoms with van der Waals surface area (Å²) in [4.78, 5) is 8.48. The van der Waals surface area contributed by atoms with Gasteiger partial charge in [0.1, 0.15) is 11.6 Å². The fourth-order valence-electron chi connectivity index (χ4n) is 1.40. The van der Waals surface area contributed by atoms with E-state index in [0.717, 1.165) is 11.3 Å². The van der Waals surface area contributed by atoms with Crippen LogP contribution in [0.3, 0.4) is 0 Å². The van der Waals surface area contributed by atoms with E-state index in [2.05, 4.69) is 15.4 Å². The zero-order chi connectivity index (χ0) is 10.7. The number of benzene rings is 1. The number of hydrogen-bond acceptors (Lipinski definition) is 4. The van der Waals surface area contributed by atoms with Crippen molar-refractivity contribution in [2.24, 2.45) is 5.84 Å². The van der Waals surface area contributed by atoms with E-state index in [4.69, 9.17) is 5.84 Å². The molecule has 0 aliphatic carbocycles. The van der Waals surface area contributed by atoms with Crippen molar-refractivity contribution >= 4 is 43.0 Å². The first-order valence-electron chi connectivity index (χ1n) is 4.67. The van der Waals surface area contributed by atoms with Crippen LogP contribution in [0.1, 0.15) is 5.82 Å². The lowest BCUT2D eigenvalue weighted by Crippen LogP contribution is -2.09. The average molecular weight is 310 g/mol. The van der Waals surface area contributed by atoms with Crippen molar-refractivity contribution in [3.63, 3.8) is 0 Å². The third-order valence-corrected chi connectivity index (χ3v) is 2.06. The van der Waals surface area contributed by atoms with E-state index in [0.29, 0.717) is 11.6 Å². The van der Waals surface area contributed by atoms with Crippen LogP contribution in [0.25, 0.3) is 11.3 Å². The second-order valence-electron chi connectivity index (χ2n) is 3.20. The maximum atomic E-state index is 5.33. The van der Waals surface area contributed by atoms with E-state index < -0.39 is 0 Å². The number of hydrazine groups is 1. The molecule has 3 N–H and O–H groups in total. The number of nitrogens with zero attached hydrogens (tertiary/aromatic N) is 2. The number of aryl methyl sites for hydroxylation is 1. The zero-order valence-corrected chi connectivity index (χ0v) is 12.1. The quantitative estimate of drug-likeness (QED) is 0.661. The second kappa shape index (κ2) is 8.94. The largest absolute Gasteiger partial charge is 0.308 e. The Balaban J connectivity index is 0. The van der Waals surface area contributed by atoms with Crippen molar-refractivity contribution in [3.8, 4) is 11.3 Å². The molecule has 0 radical (unpaired) electrons. The van der Waals surface area contributed by atoms with Gasteiger partial charge in [0.15, 0.2) is 0 Å². The SMILES string of the molecule is Cc1nc(NN)cc(-c2ccccc2)n1.Cl.Cl.Cl. The first-order valence-corrected chi connectivity index (χ1v) is 4.67. The van der Waals surface area contributed by atoms with Crippen LogP contribution in [0.2, 0.25) is 0 Å². The third-order valence-electron chi connectivity index (χ3n) is 2.06. The Kier molecular flexibility index (Phi) is 9.57. The van der Waals surface area contributed by atoms with Gasteiger partial charge in [0, 0.05) is 11.6 Å². The van der Waals surface area contributed by atoms with Crippen LogP contribution in [0, 0.1) is 6.92 Å². The molecule has 18 heavy (non-hydrogen) atoms. The summed E-state index contributed by atoms with van der Waals surface area (Å²) in [5.74, 6) is 6.65. The Morgan fingerprint density at radius 1 is 1.00 bits per heavy atom. The smallest absolute Gasteiger partial charge is 0.144 e. The van der Waals surface area contributed by atoms with Gasteiger partial charge in [0.25, 0.3) is 0 Å². The molecule has 0 saturated heterocycles. The van der Waals surface area contributed by atoms with Crippen molar-refractivity contribution in [2.45, 2.75) is 6.92 Å². The normalized spacial score (nSPS) is 8.33. The maximum absolute atomic E-state index is 5.33. The van der Waals surface area contributed by atoms with Gasteiger partial charge < -0.3 is 5.43 Å². The number of rotatable bonds is 2. The zero-order valence-electron chi connectivity index (χ0n) is 9.66. The third kappa shape index (κ3) is 4.66. The van der Waals surface area contributed by atoms with Crippen molar-refractivity contribution in [3.05, 3.63) is 42.2 Å². The predicted octanol–water partition coefficient (Wildman–Crippen LogP) is 3.00. The summed E-state index contributed by atoms with van der Waals surface area (Å²) in [6.07, 6.45) is 0. The standard InChI is InChI=1S/C11H12N4.3ClH/c1-8-13-10(7-11(14-8)15-12)9-5-3-2-4-6-9;;;/h2-7H,12H2,1H3,(H,13,14,15);3*1H. The van der Waals surface area contributed by atoms with Gasteiger partial charge in [-0.3, -0.25) is 0 Å². The molecule has 0 amide bonds. The Hall–Kier alpha value is -1.07. The molecule has 0 fully saturated rings. The van der Waals surface area contributed by atoms with E-state index in [1.807, 2.05) is 43.3 Å². The van der Waals surface area contributed by atoms with Crippen LogP contribution >= 0.6 is 37.2 Å². The summed E-state index contributed by atoms with van der Waals surface area (Å²) in [5, 5.41) is 0. The second-order valence-corrected chi connectivity index (χ2v) is 3.20. The summed E-state index contributed by atoms with van der Waals surface area (Å²) < 4.78 is 0. The van der Waals surface area contributed by atoms with Gasteiger partial charge in [-0.2, -0.15) is 0 Å². The first-order chi connectivity index (χ1) is 7.29. The molecule has 1 aromatic carbocycles. The van der Waals surface area contributed by atoms with Gasteiger partial charge in [0.2, 0.25) is 0 Å². The number of halogens is 3. The summed E-state index contributed by atoms with van der Waals surface area (Å²) in [5.41, 5.74) is 4.45. The van der Waals surface area contributed by atoms with E-state index in [1.165, 1.54) is 0 Å². The molecule has 4 nitrogen and oxygen atoms in total. The van der Waals surface area contributed by atoms with Gasteiger partial charge in [-0.05, 0) is 6.92 Å². The summed E-state index contributed by atoms with van der Waals surface area (Å²) >= 11 is 0. The van der Waals surface area contributed by atoms with Crippen LogP contribution < -0.4 is 11.3 Å². The van der Waals surface area contributed by atoms with Crippen molar-refractivity contribution in [1.82, 2.24) is 9.97 Å². The molecule has 1 aromatic heterocycles. The topological polar surface area (TPSA) is 63.8 Å². The molecule has 0 aliphatic heterocycles. The molecule has 0 atom stereocenters. The molecular formula is C11H15Cl3N4. The first kappa shape index (κ1) is 19.3. The maximum Gasteiger partial charge on any atom is 0.144 e. The number of nitrogens with two attached hydrogens (primary N) is 1. The Labute approximate surface area is 125 Å². The van der Waals surface area contributed by atoms with Crippen LogP contribution in [0.15, 0.2) is 36.4 Å². The van der Waals surface area contributed by atoms with Crippen LogP contribution in [-0.4, -0.2) is 9.97 Å². The number of nitrogen functional groups attached to an aromatic ring is 1. The minimum atomic E-state index is 0. The Bertz CT molecular complexity index is 465. The lowest BCUT2D eigenvalue weighted by Gasteiger charge is -2.05. The molecule has 1 heterocycles. The van der Waals surface area contributed by atoms with E-state index >= 15 is 0 Å². The van der Waals surface area contributed by atoms with Crippen LogP contribution in [0.5, 0.6) is 0 Å². The van der Waals surface area contributed by atoms with Gasteiger partial charge in [-0.25, -0.2) is 15.8 Å². The van der Waals surface area contributed by atoms with Gasteiger partial charge >= 0.3 is 0 Å². The van der Waals surface area contributed by atoms with E-state index in [1.54, 1.807) is 0 Å². The predicted molar refractivity (Wildman–Crippen MR) is 81.8 cm³/mol. The van der Waals surface area contributed by atoms with Gasteiger partial charge in [0.05, 0.1) is 5.69 Å². The fourth-order valence-corrected chi connectivity index (χ4v) is 1.40. The van der Waals surface area contributed by atoms with E-state index in [-0.39, 0.29) is 37.2 Å². The van der Waals surface area contributed by atoms with Crippen molar-refractivity contribution in [1.29, 1.82) is 0 Å². The van der Waals surface area contributed by atoms with Crippen molar-refractivity contribution in [2.75, 3.05) is 5.43 Å². The Morgan fingerprint density at radius 2 is 1.61 bits per heavy atom. The number of anilines is 1. The molecule has 2 rings (SSSR count). The highest BCUT2D eigenvalue weighted by molar-refractivity contribution is 5.86. The molecule has 0 unspecified atom stereocenters. The molecule has 2 aromatic rings.